The number of aromatic nitrogens is 3. The van der Waals surface area contributed by atoms with Crippen molar-refractivity contribution in [2.75, 3.05) is 25.5 Å². The Bertz CT molecular complexity index is 637. The highest BCUT2D eigenvalue weighted by Crippen LogP contribution is 2.07. The lowest BCUT2D eigenvalue weighted by atomic mass is 10.3. The van der Waals surface area contributed by atoms with Gasteiger partial charge in [0.1, 0.15) is 11.6 Å². The molecule has 2 N–H and O–H groups in total. The molecular weight excluding hydrogens is 292 g/mol. The van der Waals surface area contributed by atoms with Crippen molar-refractivity contribution < 1.29 is 4.79 Å². The van der Waals surface area contributed by atoms with Gasteiger partial charge in [0.15, 0.2) is 0 Å². The highest BCUT2D eigenvalue weighted by Gasteiger charge is 2.03. The zero-order valence-corrected chi connectivity index (χ0v) is 13.9. The first-order valence-electron chi connectivity index (χ1n) is 7.69. The van der Waals surface area contributed by atoms with Gasteiger partial charge in [-0.2, -0.15) is 0 Å². The molecule has 23 heavy (non-hydrogen) atoms. The molecule has 0 aromatic carbocycles. The molecule has 2 aromatic heterocycles. The Morgan fingerprint density at radius 2 is 2.13 bits per heavy atom. The van der Waals surface area contributed by atoms with Crippen LogP contribution < -0.4 is 15.5 Å². The van der Waals surface area contributed by atoms with E-state index < -0.39 is 0 Å². The number of carbonyl (C=O) groups is 1. The maximum absolute atomic E-state index is 11.8. The average Bonchev–Trinajstić information content (AvgIpc) is 2.95. The van der Waals surface area contributed by atoms with Crippen LogP contribution in [0, 0.1) is 6.92 Å². The molecule has 2 rings (SSSR count). The van der Waals surface area contributed by atoms with Crippen molar-refractivity contribution in [2.24, 2.45) is 0 Å². The number of urea groups is 1. The first kappa shape index (κ1) is 16.8. The standard InChI is InChI=1S/C16H24N6O/c1-13-17-9-11-22(13)10-5-8-18-16(23)19-12-14-6-4-7-15(20-14)21(2)3/h4,6-7,9,11H,5,8,10,12H2,1-3H3,(H2,18,19,23). The molecule has 0 radical (unpaired) electrons. The molecule has 2 heterocycles. The first-order chi connectivity index (χ1) is 11.1. The Morgan fingerprint density at radius 1 is 1.30 bits per heavy atom. The van der Waals surface area contributed by atoms with Crippen molar-refractivity contribution in [1.29, 1.82) is 0 Å². The highest BCUT2D eigenvalue weighted by atomic mass is 16.2. The second-order valence-corrected chi connectivity index (χ2v) is 5.51. The molecule has 0 unspecified atom stereocenters. The summed E-state index contributed by atoms with van der Waals surface area (Å²) in [4.78, 5) is 22.3. The van der Waals surface area contributed by atoms with Crippen LogP contribution in [0.2, 0.25) is 0 Å². The summed E-state index contributed by atoms with van der Waals surface area (Å²) < 4.78 is 2.07. The summed E-state index contributed by atoms with van der Waals surface area (Å²) in [6, 6.07) is 5.59. The van der Waals surface area contributed by atoms with Crippen LogP contribution in [0.25, 0.3) is 0 Å². The predicted molar refractivity (Wildman–Crippen MR) is 90.4 cm³/mol. The summed E-state index contributed by atoms with van der Waals surface area (Å²) in [5.41, 5.74) is 0.834. The van der Waals surface area contributed by atoms with E-state index in [1.807, 2.05) is 50.3 Å². The molecule has 7 heteroatoms. The summed E-state index contributed by atoms with van der Waals surface area (Å²) >= 11 is 0. The fourth-order valence-electron chi connectivity index (χ4n) is 2.14. The minimum atomic E-state index is -0.176. The van der Waals surface area contributed by atoms with E-state index >= 15 is 0 Å². The Labute approximate surface area is 136 Å². The van der Waals surface area contributed by atoms with E-state index in [1.54, 1.807) is 6.20 Å². The normalized spacial score (nSPS) is 10.4. The lowest BCUT2D eigenvalue weighted by Crippen LogP contribution is -2.36. The molecule has 0 saturated heterocycles. The average molecular weight is 316 g/mol. The van der Waals surface area contributed by atoms with Gasteiger partial charge < -0.3 is 20.1 Å². The molecule has 0 saturated carbocycles. The molecule has 124 valence electrons. The molecule has 0 fully saturated rings. The van der Waals surface area contributed by atoms with Crippen LogP contribution >= 0.6 is 0 Å². The lowest BCUT2D eigenvalue weighted by molar-refractivity contribution is 0.240. The van der Waals surface area contributed by atoms with E-state index in [0.29, 0.717) is 13.1 Å². The largest absolute Gasteiger partial charge is 0.363 e. The van der Waals surface area contributed by atoms with E-state index in [9.17, 15) is 4.79 Å². The number of nitrogens with one attached hydrogen (secondary N) is 2. The SMILES string of the molecule is Cc1nccn1CCCNC(=O)NCc1cccc(N(C)C)n1. The molecule has 0 atom stereocenters. The smallest absolute Gasteiger partial charge is 0.315 e. The van der Waals surface area contributed by atoms with Crippen LogP contribution in [0.5, 0.6) is 0 Å². The summed E-state index contributed by atoms with van der Waals surface area (Å²) in [6.07, 6.45) is 4.59. The van der Waals surface area contributed by atoms with Crippen molar-refractivity contribution in [3.63, 3.8) is 0 Å². The fraction of sp³-hybridized carbons (Fsp3) is 0.438. The summed E-state index contributed by atoms with van der Waals surface area (Å²) in [5.74, 6) is 1.86. The summed E-state index contributed by atoms with van der Waals surface area (Å²) in [7, 11) is 3.88. The van der Waals surface area contributed by atoms with Gasteiger partial charge in [-0.1, -0.05) is 6.07 Å². The second kappa shape index (κ2) is 8.17. The number of pyridine rings is 1. The predicted octanol–water partition coefficient (Wildman–Crippen LogP) is 1.54. The molecule has 0 aliphatic carbocycles. The maximum atomic E-state index is 11.8. The van der Waals surface area contributed by atoms with Crippen LogP contribution in [0.1, 0.15) is 17.9 Å². The number of nitrogens with zero attached hydrogens (tertiary/aromatic N) is 4. The number of hydrogen-bond acceptors (Lipinski definition) is 4. The van der Waals surface area contributed by atoms with E-state index in [0.717, 1.165) is 30.3 Å². The molecule has 2 aromatic rings. The highest BCUT2D eigenvalue weighted by molar-refractivity contribution is 5.73. The third-order valence-corrected chi connectivity index (χ3v) is 3.47. The number of amides is 2. The Morgan fingerprint density at radius 3 is 2.83 bits per heavy atom. The minimum Gasteiger partial charge on any atom is -0.363 e. The van der Waals surface area contributed by atoms with Gasteiger partial charge in [0.25, 0.3) is 0 Å². The van der Waals surface area contributed by atoms with Crippen molar-refractivity contribution >= 4 is 11.8 Å². The molecule has 0 aliphatic heterocycles. The third kappa shape index (κ3) is 5.28. The zero-order chi connectivity index (χ0) is 16.7. The van der Waals surface area contributed by atoms with Gasteiger partial charge >= 0.3 is 6.03 Å². The monoisotopic (exact) mass is 316 g/mol. The van der Waals surface area contributed by atoms with Crippen LogP contribution in [-0.4, -0.2) is 41.2 Å². The topological polar surface area (TPSA) is 75.1 Å². The zero-order valence-electron chi connectivity index (χ0n) is 13.9. The van der Waals surface area contributed by atoms with Crippen LogP contribution in [0.15, 0.2) is 30.6 Å². The third-order valence-electron chi connectivity index (χ3n) is 3.47. The van der Waals surface area contributed by atoms with Crippen molar-refractivity contribution in [1.82, 2.24) is 25.2 Å². The summed E-state index contributed by atoms with van der Waals surface area (Å²) in [5, 5.41) is 5.67. The molecule has 7 nitrogen and oxygen atoms in total. The van der Waals surface area contributed by atoms with Crippen molar-refractivity contribution in [3.05, 3.63) is 42.1 Å². The first-order valence-corrected chi connectivity index (χ1v) is 7.69. The molecule has 0 bridgehead atoms. The van der Waals surface area contributed by atoms with Gasteiger partial charge in [-0.3, -0.25) is 0 Å². The number of aryl methyl sites for hydroxylation is 2. The summed E-state index contributed by atoms with van der Waals surface area (Å²) in [6.45, 7) is 3.84. The van der Waals surface area contributed by atoms with Crippen LogP contribution in [0.3, 0.4) is 0 Å². The second-order valence-electron chi connectivity index (χ2n) is 5.51. The van der Waals surface area contributed by atoms with Gasteiger partial charge in [0, 0.05) is 39.6 Å². The molecule has 2 amide bonds. The van der Waals surface area contributed by atoms with Crippen LogP contribution in [0.4, 0.5) is 10.6 Å². The number of rotatable bonds is 7. The molecule has 0 spiro atoms. The number of hydrogen-bond donors (Lipinski definition) is 2. The molecule has 0 aliphatic rings. The van der Waals surface area contributed by atoms with Gasteiger partial charge in [-0.05, 0) is 25.5 Å². The lowest BCUT2D eigenvalue weighted by Gasteiger charge is -2.13. The quantitative estimate of drug-likeness (QED) is 0.760. The van der Waals surface area contributed by atoms with E-state index in [2.05, 4.69) is 25.2 Å². The number of anilines is 1. The van der Waals surface area contributed by atoms with E-state index in [4.69, 9.17) is 0 Å². The van der Waals surface area contributed by atoms with Gasteiger partial charge in [0.05, 0.1) is 12.2 Å². The van der Waals surface area contributed by atoms with Crippen molar-refractivity contribution in [3.8, 4) is 0 Å². The van der Waals surface area contributed by atoms with Gasteiger partial charge in [-0.25, -0.2) is 14.8 Å². The van der Waals surface area contributed by atoms with Crippen molar-refractivity contribution in [2.45, 2.75) is 26.4 Å². The minimum absolute atomic E-state index is 0.176. The Kier molecular flexibility index (Phi) is 5.96. The van der Waals surface area contributed by atoms with Crippen LogP contribution in [-0.2, 0) is 13.1 Å². The molecular formula is C16H24N6O. The fourth-order valence-corrected chi connectivity index (χ4v) is 2.14. The number of carbonyl (C=O) groups excluding carboxylic acids is 1. The number of imidazole rings is 1. The maximum Gasteiger partial charge on any atom is 0.315 e. The van der Waals surface area contributed by atoms with Gasteiger partial charge in [-0.15, -0.1) is 0 Å². The van der Waals surface area contributed by atoms with Gasteiger partial charge in [0.2, 0.25) is 0 Å². The van der Waals surface area contributed by atoms with E-state index in [-0.39, 0.29) is 6.03 Å². The Hall–Kier alpha value is -2.57. The Balaban J connectivity index is 1.67. The van der Waals surface area contributed by atoms with E-state index in [1.165, 1.54) is 0 Å².